The number of halogens is 3. The van der Waals surface area contributed by atoms with E-state index in [1.807, 2.05) is 0 Å². The molecule has 1 saturated carbocycles. The van der Waals surface area contributed by atoms with Gasteiger partial charge >= 0.3 is 5.97 Å². The SMILES string of the molecule is O=C(O)c1nc(C2CC2)n(-c2c(Cl)cc(F)cc2Br)n1. The molecular formula is C12H8BrClFN3O2. The molecule has 0 amide bonds. The molecule has 1 N–H and O–H groups in total. The molecule has 1 aliphatic carbocycles. The van der Waals surface area contributed by atoms with Gasteiger partial charge in [-0.25, -0.2) is 18.9 Å². The van der Waals surface area contributed by atoms with Gasteiger partial charge < -0.3 is 5.11 Å². The van der Waals surface area contributed by atoms with Crippen molar-refractivity contribution in [1.82, 2.24) is 14.8 Å². The summed E-state index contributed by atoms with van der Waals surface area (Å²) in [5, 5.41) is 13.1. The van der Waals surface area contributed by atoms with E-state index in [1.165, 1.54) is 10.7 Å². The molecule has 0 spiro atoms. The summed E-state index contributed by atoms with van der Waals surface area (Å²) in [4.78, 5) is 15.1. The minimum absolute atomic E-state index is 0.139. The van der Waals surface area contributed by atoms with Crippen molar-refractivity contribution >= 4 is 33.5 Å². The first kappa shape index (κ1) is 13.5. The van der Waals surface area contributed by atoms with Crippen LogP contribution in [0.15, 0.2) is 16.6 Å². The molecule has 0 saturated heterocycles. The fraction of sp³-hybridized carbons (Fsp3) is 0.250. The Balaban J connectivity index is 2.21. The lowest BCUT2D eigenvalue weighted by molar-refractivity contribution is 0.0683. The average molecular weight is 361 g/mol. The van der Waals surface area contributed by atoms with E-state index in [0.717, 1.165) is 18.9 Å². The van der Waals surface area contributed by atoms with Crippen LogP contribution in [0.4, 0.5) is 4.39 Å². The smallest absolute Gasteiger partial charge is 0.375 e. The minimum Gasteiger partial charge on any atom is -0.475 e. The van der Waals surface area contributed by atoms with Crippen LogP contribution in [-0.2, 0) is 0 Å². The topological polar surface area (TPSA) is 68.0 Å². The second kappa shape index (κ2) is 4.82. The number of hydrogen-bond acceptors (Lipinski definition) is 3. The summed E-state index contributed by atoms with van der Waals surface area (Å²) >= 11 is 9.27. The van der Waals surface area contributed by atoms with E-state index >= 15 is 0 Å². The highest BCUT2D eigenvalue weighted by atomic mass is 79.9. The predicted octanol–water partition coefficient (Wildman–Crippen LogP) is 3.40. The molecule has 8 heteroatoms. The van der Waals surface area contributed by atoms with Gasteiger partial charge in [-0.1, -0.05) is 11.6 Å². The highest BCUT2D eigenvalue weighted by Crippen LogP contribution is 2.41. The van der Waals surface area contributed by atoms with Crippen molar-refractivity contribution in [3.05, 3.63) is 39.1 Å². The first-order valence-corrected chi connectivity index (χ1v) is 6.99. The second-order valence-electron chi connectivity index (χ2n) is 4.50. The summed E-state index contributed by atoms with van der Waals surface area (Å²) in [7, 11) is 0. The van der Waals surface area contributed by atoms with Gasteiger partial charge in [-0.3, -0.25) is 0 Å². The molecule has 104 valence electrons. The van der Waals surface area contributed by atoms with Gasteiger partial charge in [0.25, 0.3) is 5.82 Å². The molecule has 0 atom stereocenters. The molecular weight excluding hydrogens is 353 g/mol. The lowest BCUT2D eigenvalue weighted by Crippen LogP contribution is -2.05. The zero-order chi connectivity index (χ0) is 14.4. The highest BCUT2D eigenvalue weighted by Gasteiger charge is 2.32. The molecule has 1 fully saturated rings. The third kappa shape index (κ3) is 2.31. The van der Waals surface area contributed by atoms with Gasteiger partial charge in [-0.15, -0.1) is 5.10 Å². The number of aromatic carboxylic acids is 1. The van der Waals surface area contributed by atoms with Gasteiger partial charge in [0.05, 0.1) is 10.7 Å². The average Bonchev–Trinajstić information content (AvgIpc) is 3.09. The van der Waals surface area contributed by atoms with Crippen LogP contribution in [0.3, 0.4) is 0 Å². The molecule has 0 aliphatic heterocycles. The largest absolute Gasteiger partial charge is 0.475 e. The maximum atomic E-state index is 13.3. The van der Waals surface area contributed by atoms with Crippen LogP contribution >= 0.6 is 27.5 Å². The van der Waals surface area contributed by atoms with Crippen molar-refractivity contribution in [3.8, 4) is 5.69 Å². The van der Waals surface area contributed by atoms with Crippen molar-refractivity contribution < 1.29 is 14.3 Å². The molecule has 2 aromatic rings. The maximum Gasteiger partial charge on any atom is 0.375 e. The van der Waals surface area contributed by atoms with Crippen molar-refractivity contribution in [2.24, 2.45) is 0 Å². The van der Waals surface area contributed by atoms with Crippen LogP contribution in [0.5, 0.6) is 0 Å². The van der Waals surface area contributed by atoms with Crippen LogP contribution < -0.4 is 0 Å². The van der Waals surface area contributed by atoms with E-state index in [2.05, 4.69) is 26.0 Å². The fourth-order valence-corrected chi connectivity index (χ4v) is 2.92. The summed E-state index contributed by atoms with van der Waals surface area (Å²) in [5.74, 6) is -1.28. The Labute approximate surface area is 126 Å². The lowest BCUT2D eigenvalue weighted by atomic mass is 10.3. The summed E-state index contributed by atoms with van der Waals surface area (Å²) in [6, 6.07) is 2.40. The first-order valence-electron chi connectivity index (χ1n) is 5.82. The third-order valence-corrected chi connectivity index (χ3v) is 3.85. The van der Waals surface area contributed by atoms with Gasteiger partial charge in [0.1, 0.15) is 11.6 Å². The zero-order valence-electron chi connectivity index (χ0n) is 9.98. The van der Waals surface area contributed by atoms with Crippen molar-refractivity contribution in [3.63, 3.8) is 0 Å². The number of nitrogens with zero attached hydrogens (tertiary/aromatic N) is 3. The van der Waals surface area contributed by atoms with Crippen molar-refractivity contribution in [2.75, 3.05) is 0 Å². The Morgan fingerprint density at radius 3 is 2.75 bits per heavy atom. The van der Waals surface area contributed by atoms with E-state index in [0.29, 0.717) is 16.0 Å². The van der Waals surface area contributed by atoms with E-state index in [4.69, 9.17) is 16.7 Å². The normalized spacial score (nSPS) is 14.6. The highest BCUT2D eigenvalue weighted by molar-refractivity contribution is 9.10. The van der Waals surface area contributed by atoms with Crippen LogP contribution in [-0.4, -0.2) is 25.8 Å². The van der Waals surface area contributed by atoms with Gasteiger partial charge in [-0.2, -0.15) is 0 Å². The second-order valence-corrected chi connectivity index (χ2v) is 5.76. The molecule has 1 aliphatic rings. The standard InChI is InChI=1S/C12H8BrClFN3O2/c13-7-3-6(15)4-8(14)9(7)18-11(5-1-2-5)16-10(17-18)12(19)20/h3-5H,1-2H2,(H,19,20). The summed E-state index contributed by atoms with van der Waals surface area (Å²) in [5.41, 5.74) is 0.398. The van der Waals surface area contributed by atoms with Gasteiger partial charge in [-0.05, 0) is 40.9 Å². The number of carboxylic acids is 1. The zero-order valence-corrected chi connectivity index (χ0v) is 12.3. The monoisotopic (exact) mass is 359 g/mol. The minimum atomic E-state index is -1.21. The number of carbonyl (C=O) groups is 1. The quantitative estimate of drug-likeness (QED) is 0.911. The number of rotatable bonds is 3. The number of hydrogen-bond donors (Lipinski definition) is 1. The summed E-state index contributed by atoms with van der Waals surface area (Å²) < 4.78 is 15.1. The van der Waals surface area contributed by atoms with Gasteiger partial charge in [0.15, 0.2) is 0 Å². The van der Waals surface area contributed by atoms with Gasteiger partial charge in [0, 0.05) is 10.4 Å². The number of benzene rings is 1. The van der Waals surface area contributed by atoms with E-state index in [1.54, 1.807) is 0 Å². The fourth-order valence-electron chi connectivity index (χ4n) is 1.92. The molecule has 3 rings (SSSR count). The Hall–Kier alpha value is -1.47. The third-order valence-electron chi connectivity index (χ3n) is 2.96. The van der Waals surface area contributed by atoms with Crippen LogP contribution in [0.1, 0.15) is 35.2 Å². The van der Waals surface area contributed by atoms with Crippen molar-refractivity contribution in [1.29, 1.82) is 0 Å². The molecule has 5 nitrogen and oxygen atoms in total. The molecule has 20 heavy (non-hydrogen) atoms. The Kier molecular flexibility index (Phi) is 3.25. The Bertz CT molecular complexity index is 692. The van der Waals surface area contributed by atoms with Gasteiger partial charge in [0.2, 0.25) is 0 Å². The maximum absolute atomic E-state index is 13.3. The Morgan fingerprint density at radius 1 is 1.50 bits per heavy atom. The lowest BCUT2D eigenvalue weighted by Gasteiger charge is -2.09. The van der Waals surface area contributed by atoms with Crippen LogP contribution in [0, 0.1) is 5.82 Å². The van der Waals surface area contributed by atoms with Crippen LogP contribution in [0.25, 0.3) is 5.69 Å². The number of carboxylic acid groups (broad SMARTS) is 1. The van der Waals surface area contributed by atoms with Crippen molar-refractivity contribution in [2.45, 2.75) is 18.8 Å². The summed E-state index contributed by atoms with van der Waals surface area (Å²) in [6.07, 6.45) is 1.85. The molecule has 1 aromatic carbocycles. The summed E-state index contributed by atoms with van der Waals surface area (Å²) in [6.45, 7) is 0. The van der Waals surface area contributed by atoms with E-state index < -0.39 is 11.8 Å². The molecule has 0 unspecified atom stereocenters. The van der Waals surface area contributed by atoms with E-state index in [-0.39, 0.29) is 16.8 Å². The first-order chi connectivity index (χ1) is 9.47. The molecule has 0 bridgehead atoms. The number of aromatic nitrogens is 3. The molecule has 1 heterocycles. The predicted molar refractivity (Wildman–Crippen MR) is 73.0 cm³/mol. The van der Waals surface area contributed by atoms with E-state index in [9.17, 15) is 9.18 Å². The Morgan fingerprint density at radius 2 is 2.20 bits per heavy atom. The molecule has 0 radical (unpaired) electrons. The van der Waals surface area contributed by atoms with Crippen LogP contribution in [0.2, 0.25) is 5.02 Å². The molecule has 1 aromatic heterocycles.